The van der Waals surface area contributed by atoms with Gasteiger partial charge in [0.1, 0.15) is 17.2 Å². The largest absolute Gasteiger partial charge is 0.444 e. The van der Waals surface area contributed by atoms with Crippen molar-refractivity contribution in [2.75, 3.05) is 6.61 Å². The van der Waals surface area contributed by atoms with Gasteiger partial charge in [-0.15, -0.1) is 10.2 Å². The summed E-state index contributed by atoms with van der Waals surface area (Å²) in [6, 6.07) is 5.76. The van der Waals surface area contributed by atoms with Gasteiger partial charge in [-0.2, -0.15) is 0 Å². The van der Waals surface area contributed by atoms with Gasteiger partial charge in [0.25, 0.3) is 0 Å². The number of ether oxygens (including phenoxy) is 2. The maximum Gasteiger partial charge on any atom is 0.407 e. The van der Waals surface area contributed by atoms with Gasteiger partial charge >= 0.3 is 6.09 Å². The zero-order chi connectivity index (χ0) is 23.8. The third kappa shape index (κ3) is 5.52. The lowest BCUT2D eigenvalue weighted by Gasteiger charge is -2.36. The molecular weight excluding hydrogens is 440 g/mol. The third-order valence-electron chi connectivity index (χ3n) is 6.55. The number of nitrogens with zero attached hydrogens (tertiary/aromatic N) is 3. The quantitative estimate of drug-likeness (QED) is 0.644. The van der Waals surface area contributed by atoms with E-state index in [9.17, 15) is 4.79 Å². The first kappa shape index (κ1) is 24.0. The molecule has 7 nitrogen and oxygen atoms in total. The average Bonchev–Trinajstić information content (AvgIpc) is 3.04. The van der Waals surface area contributed by atoms with Crippen molar-refractivity contribution in [1.82, 2.24) is 20.1 Å². The molecule has 1 N–H and O–H groups in total. The lowest BCUT2D eigenvalue weighted by molar-refractivity contribution is -0.0538. The molecule has 33 heavy (non-hydrogen) atoms. The van der Waals surface area contributed by atoms with Crippen LogP contribution in [0.5, 0.6) is 0 Å². The maximum atomic E-state index is 12.5. The van der Waals surface area contributed by atoms with Gasteiger partial charge in [0.15, 0.2) is 0 Å². The Hall–Kier alpha value is -2.12. The number of benzene rings is 1. The van der Waals surface area contributed by atoms with Crippen molar-refractivity contribution in [3.63, 3.8) is 0 Å². The number of rotatable bonds is 4. The van der Waals surface area contributed by atoms with E-state index in [1.807, 2.05) is 39.0 Å². The molecule has 1 aromatic carbocycles. The van der Waals surface area contributed by atoms with Crippen LogP contribution >= 0.6 is 11.6 Å². The molecule has 1 fully saturated rings. The fourth-order valence-corrected chi connectivity index (χ4v) is 5.23. The van der Waals surface area contributed by atoms with Gasteiger partial charge < -0.3 is 14.8 Å². The summed E-state index contributed by atoms with van der Waals surface area (Å²) in [6.45, 7) is 10.6. The van der Waals surface area contributed by atoms with Crippen LogP contribution in [0.25, 0.3) is 5.69 Å². The van der Waals surface area contributed by atoms with Crippen LogP contribution < -0.4 is 5.32 Å². The molecule has 2 aliphatic rings. The second-order valence-electron chi connectivity index (χ2n) is 10.5. The van der Waals surface area contributed by atoms with E-state index in [1.165, 1.54) is 0 Å². The van der Waals surface area contributed by atoms with Crippen molar-refractivity contribution >= 4 is 17.7 Å². The number of carbonyl (C=O) groups is 1. The van der Waals surface area contributed by atoms with Crippen molar-refractivity contribution in [2.45, 2.75) is 96.3 Å². The van der Waals surface area contributed by atoms with Crippen LogP contribution in [0.2, 0.25) is 5.02 Å². The molecule has 0 spiro atoms. The smallest absolute Gasteiger partial charge is 0.407 e. The highest BCUT2D eigenvalue weighted by atomic mass is 35.5. The van der Waals surface area contributed by atoms with E-state index in [1.54, 1.807) is 0 Å². The number of aromatic nitrogens is 3. The molecule has 4 rings (SSSR count). The molecule has 2 aromatic rings. The topological polar surface area (TPSA) is 78.3 Å². The highest BCUT2D eigenvalue weighted by Gasteiger charge is 2.36. The number of nitrogens with one attached hydrogen (secondary N) is 1. The highest BCUT2D eigenvalue weighted by Crippen LogP contribution is 2.40. The summed E-state index contributed by atoms with van der Waals surface area (Å²) in [4.78, 5) is 12.5. The SMILES string of the molecule is CCOC1(C)CCC(c2nnc3n2-c2ccc(Cl)cc2CC(NC(=O)OC(C)(C)C)C3)CC1. The summed E-state index contributed by atoms with van der Waals surface area (Å²) in [5, 5.41) is 12.9. The van der Waals surface area contributed by atoms with Crippen LogP contribution in [0.4, 0.5) is 4.79 Å². The van der Waals surface area contributed by atoms with Crippen molar-refractivity contribution in [2.24, 2.45) is 0 Å². The van der Waals surface area contributed by atoms with Gasteiger partial charge in [0.05, 0.1) is 11.3 Å². The van der Waals surface area contributed by atoms with Crippen LogP contribution in [-0.2, 0) is 22.3 Å². The number of halogens is 1. The van der Waals surface area contributed by atoms with Gasteiger partial charge in [-0.05, 0) is 90.5 Å². The summed E-state index contributed by atoms with van der Waals surface area (Å²) in [5.41, 5.74) is 1.50. The number of hydrogen-bond acceptors (Lipinski definition) is 5. The molecular formula is C25H35ClN4O3. The maximum absolute atomic E-state index is 12.5. The van der Waals surface area contributed by atoms with Crippen molar-refractivity contribution in [3.8, 4) is 5.69 Å². The first-order chi connectivity index (χ1) is 15.6. The Morgan fingerprint density at radius 2 is 1.97 bits per heavy atom. The van der Waals surface area contributed by atoms with E-state index in [0.717, 1.165) is 55.2 Å². The molecule has 0 radical (unpaired) electrons. The fourth-order valence-electron chi connectivity index (χ4n) is 5.04. The summed E-state index contributed by atoms with van der Waals surface area (Å²) >= 11 is 6.35. The van der Waals surface area contributed by atoms with Gasteiger partial charge in [0.2, 0.25) is 0 Å². The van der Waals surface area contributed by atoms with Gasteiger partial charge in [-0.1, -0.05) is 11.6 Å². The van der Waals surface area contributed by atoms with Crippen LogP contribution in [0, 0.1) is 0 Å². The zero-order valence-electron chi connectivity index (χ0n) is 20.3. The van der Waals surface area contributed by atoms with E-state index in [0.29, 0.717) is 23.8 Å². The van der Waals surface area contributed by atoms with Gasteiger partial charge in [-0.3, -0.25) is 4.57 Å². The standard InChI is InChI=1S/C25H35ClN4O3/c1-6-32-25(5)11-9-16(10-12-25)22-29-28-21-15-19(27-23(31)33-24(2,3)4)14-17-13-18(26)7-8-20(17)30(21)22/h7-8,13,16,19H,6,9-12,14-15H2,1-5H3,(H,27,31). The summed E-state index contributed by atoms with van der Waals surface area (Å²) < 4.78 is 13.7. The molecule has 1 atom stereocenters. The minimum atomic E-state index is -0.555. The van der Waals surface area contributed by atoms with E-state index >= 15 is 0 Å². The number of amides is 1. The predicted molar refractivity (Wildman–Crippen MR) is 128 cm³/mol. The molecule has 1 aromatic heterocycles. The van der Waals surface area contributed by atoms with Gasteiger partial charge in [0, 0.05) is 30.0 Å². The normalized spacial score (nSPS) is 25.0. The molecule has 1 unspecified atom stereocenters. The number of fused-ring (bicyclic) bond motifs is 3. The van der Waals surface area contributed by atoms with Crippen LogP contribution in [-0.4, -0.2) is 44.7 Å². The summed E-state index contributed by atoms with van der Waals surface area (Å²) in [6.07, 6.45) is 4.82. The average molecular weight is 475 g/mol. The number of hydrogen-bond donors (Lipinski definition) is 1. The molecule has 1 saturated carbocycles. The molecule has 1 amide bonds. The van der Waals surface area contributed by atoms with Crippen molar-refractivity contribution in [3.05, 3.63) is 40.4 Å². The second-order valence-corrected chi connectivity index (χ2v) is 10.9. The lowest BCUT2D eigenvalue weighted by atomic mass is 9.79. The Labute approximate surface area is 201 Å². The van der Waals surface area contributed by atoms with E-state index < -0.39 is 11.7 Å². The summed E-state index contributed by atoms with van der Waals surface area (Å²) in [7, 11) is 0. The number of alkyl carbamates (subject to hydrolysis) is 1. The Morgan fingerprint density at radius 1 is 1.24 bits per heavy atom. The molecule has 180 valence electrons. The molecule has 0 saturated heterocycles. The third-order valence-corrected chi connectivity index (χ3v) is 6.79. The molecule has 1 aliphatic carbocycles. The zero-order valence-corrected chi connectivity index (χ0v) is 21.0. The van der Waals surface area contributed by atoms with E-state index in [-0.39, 0.29) is 11.6 Å². The highest BCUT2D eigenvalue weighted by molar-refractivity contribution is 6.30. The van der Waals surface area contributed by atoms with Crippen molar-refractivity contribution in [1.29, 1.82) is 0 Å². The van der Waals surface area contributed by atoms with Crippen molar-refractivity contribution < 1.29 is 14.3 Å². The summed E-state index contributed by atoms with van der Waals surface area (Å²) in [5.74, 6) is 2.16. The Kier molecular flexibility index (Phi) is 6.74. The number of carbonyl (C=O) groups excluding carboxylic acids is 1. The predicted octanol–water partition coefficient (Wildman–Crippen LogP) is 5.37. The van der Waals surface area contributed by atoms with Gasteiger partial charge in [-0.25, -0.2) is 4.79 Å². The minimum Gasteiger partial charge on any atom is -0.444 e. The minimum absolute atomic E-state index is 0.0548. The first-order valence-electron chi connectivity index (χ1n) is 11.9. The van der Waals surface area contributed by atoms with E-state index in [2.05, 4.69) is 33.9 Å². The molecule has 0 bridgehead atoms. The first-order valence-corrected chi connectivity index (χ1v) is 12.3. The monoisotopic (exact) mass is 474 g/mol. The molecule has 1 aliphatic heterocycles. The fraction of sp³-hybridized carbons (Fsp3) is 0.640. The van der Waals surface area contributed by atoms with Crippen LogP contribution in [0.1, 0.15) is 83.4 Å². The lowest BCUT2D eigenvalue weighted by Crippen LogP contribution is -2.41. The second kappa shape index (κ2) is 9.26. The molecule has 8 heteroatoms. The Balaban J connectivity index is 1.63. The van der Waals surface area contributed by atoms with Crippen LogP contribution in [0.3, 0.4) is 0 Å². The van der Waals surface area contributed by atoms with E-state index in [4.69, 9.17) is 21.1 Å². The Bertz CT molecular complexity index is 1010. The Morgan fingerprint density at radius 3 is 2.64 bits per heavy atom. The van der Waals surface area contributed by atoms with Crippen LogP contribution in [0.15, 0.2) is 18.2 Å². The molecule has 2 heterocycles.